The number of aromatic amines is 1. The van der Waals surface area contributed by atoms with Crippen molar-refractivity contribution in [3.05, 3.63) is 47.8 Å². The van der Waals surface area contributed by atoms with Crippen LogP contribution in [0.5, 0.6) is 0 Å². The lowest BCUT2D eigenvalue weighted by atomic mass is 9.82. The molecule has 0 aliphatic carbocycles. The van der Waals surface area contributed by atoms with Crippen LogP contribution in [-0.4, -0.2) is 23.2 Å². The van der Waals surface area contributed by atoms with Gasteiger partial charge in [-0.05, 0) is 29.4 Å². The van der Waals surface area contributed by atoms with Crippen molar-refractivity contribution in [2.24, 2.45) is 5.41 Å². The summed E-state index contributed by atoms with van der Waals surface area (Å²) >= 11 is 0. The molecule has 0 saturated heterocycles. The summed E-state index contributed by atoms with van der Waals surface area (Å²) in [6, 6.07) is 8.13. The van der Waals surface area contributed by atoms with Crippen molar-refractivity contribution in [2.75, 3.05) is 11.9 Å². The van der Waals surface area contributed by atoms with Gasteiger partial charge in [-0.3, -0.25) is 9.89 Å². The van der Waals surface area contributed by atoms with Crippen molar-refractivity contribution in [1.82, 2.24) is 10.2 Å². The van der Waals surface area contributed by atoms with E-state index in [-0.39, 0.29) is 11.3 Å². The lowest BCUT2D eigenvalue weighted by Crippen LogP contribution is -2.27. The number of H-pyrrole nitrogens is 1. The minimum Gasteiger partial charge on any atom is -0.311 e. The summed E-state index contributed by atoms with van der Waals surface area (Å²) in [5.41, 5.74) is 2.99. The van der Waals surface area contributed by atoms with Crippen LogP contribution in [-0.2, 0) is 0 Å². The molecule has 0 bridgehead atoms. The summed E-state index contributed by atoms with van der Waals surface area (Å²) in [4.78, 5) is 14.2. The van der Waals surface area contributed by atoms with E-state index in [4.69, 9.17) is 0 Å². The molecule has 118 valence electrons. The second-order valence-corrected chi connectivity index (χ2v) is 7.08. The number of rotatable bonds is 4. The molecule has 4 nitrogen and oxygen atoms in total. The SMILES string of the molecule is CC(CC(C)(C)C)c1ccccc1N(C)C(=O)c1cn[nH]c1. The van der Waals surface area contributed by atoms with Crippen LogP contribution in [0.25, 0.3) is 0 Å². The molecule has 1 aromatic heterocycles. The summed E-state index contributed by atoms with van der Waals surface area (Å²) in [5, 5.41) is 6.54. The van der Waals surface area contributed by atoms with Crippen LogP contribution in [0.15, 0.2) is 36.7 Å². The maximum atomic E-state index is 12.5. The molecule has 0 fully saturated rings. The lowest BCUT2D eigenvalue weighted by molar-refractivity contribution is 0.0993. The average molecular weight is 299 g/mol. The normalized spacial score (nSPS) is 13.0. The first-order chi connectivity index (χ1) is 10.3. The number of hydrogen-bond acceptors (Lipinski definition) is 2. The van der Waals surface area contributed by atoms with Gasteiger partial charge in [-0.1, -0.05) is 45.9 Å². The van der Waals surface area contributed by atoms with Crippen LogP contribution in [0.2, 0.25) is 0 Å². The summed E-state index contributed by atoms with van der Waals surface area (Å²) in [5.74, 6) is 0.333. The van der Waals surface area contributed by atoms with E-state index >= 15 is 0 Å². The largest absolute Gasteiger partial charge is 0.311 e. The second kappa shape index (κ2) is 6.34. The maximum Gasteiger partial charge on any atom is 0.261 e. The molecular weight excluding hydrogens is 274 g/mol. The molecule has 2 rings (SSSR count). The first-order valence-electron chi connectivity index (χ1n) is 7.65. The first-order valence-corrected chi connectivity index (χ1v) is 7.65. The van der Waals surface area contributed by atoms with Crippen molar-refractivity contribution >= 4 is 11.6 Å². The summed E-state index contributed by atoms with van der Waals surface area (Å²) in [6.45, 7) is 8.95. The van der Waals surface area contributed by atoms with E-state index in [1.165, 1.54) is 5.56 Å². The number of carbonyl (C=O) groups excluding carboxylic acids is 1. The van der Waals surface area contributed by atoms with Crippen LogP contribution in [0, 0.1) is 5.41 Å². The van der Waals surface area contributed by atoms with E-state index in [0.29, 0.717) is 11.5 Å². The molecule has 0 saturated carbocycles. The van der Waals surface area contributed by atoms with Crippen molar-refractivity contribution in [3.63, 3.8) is 0 Å². The van der Waals surface area contributed by atoms with Crippen molar-refractivity contribution < 1.29 is 4.79 Å². The molecular formula is C18H25N3O. The Morgan fingerprint density at radius 2 is 2.00 bits per heavy atom. The fourth-order valence-electron chi connectivity index (χ4n) is 2.91. The molecule has 0 aliphatic heterocycles. The number of carbonyl (C=O) groups is 1. The number of para-hydroxylation sites is 1. The molecule has 4 heteroatoms. The topological polar surface area (TPSA) is 49.0 Å². The molecule has 0 spiro atoms. The number of anilines is 1. The summed E-state index contributed by atoms with van der Waals surface area (Å²) in [7, 11) is 1.82. The summed E-state index contributed by atoms with van der Waals surface area (Å²) < 4.78 is 0. The van der Waals surface area contributed by atoms with Crippen molar-refractivity contribution in [2.45, 2.75) is 40.0 Å². The molecule has 1 N–H and O–H groups in total. The molecule has 22 heavy (non-hydrogen) atoms. The highest BCUT2D eigenvalue weighted by Gasteiger charge is 2.22. The highest BCUT2D eigenvalue weighted by atomic mass is 16.2. The van der Waals surface area contributed by atoms with Gasteiger partial charge >= 0.3 is 0 Å². The van der Waals surface area contributed by atoms with Gasteiger partial charge in [0.05, 0.1) is 11.8 Å². The third-order valence-corrected chi connectivity index (χ3v) is 3.80. The monoisotopic (exact) mass is 299 g/mol. The Labute approximate surface area is 132 Å². The number of amides is 1. The number of nitrogens with one attached hydrogen (secondary N) is 1. The maximum absolute atomic E-state index is 12.5. The molecule has 1 atom stereocenters. The Balaban J connectivity index is 2.30. The van der Waals surface area contributed by atoms with Gasteiger partial charge in [-0.25, -0.2) is 0 Å². The van der Waals surface area contributed by atoms with Gasteiger partial charge in [0.25, 0.3) is 5.91 Å². The van der Waals surface area contributed by atoms with Gasteiger partial charge in [-0.2, -0.15) is 5.10 Å². The Kier molecular flexibility index (Phi) is 4.69. The fourth-order valence-corrected chi connectivity index (χ4v) is 2.91. The lowest BCUT2D eigenvalue weighted by Gasteiger charge is -2.27. The summed E-state index contributed by atoms with van der Waals surface area (Å²) in [6.07, 6.45) is 4.25. The van der Waals surface area contributed by atoms with Crippen LogP contribution in [0.3, 0.4) is 0 Å². The standard InChI is InChI=1S/C18H25N3O/c1-13(10-18(2,3)4)15-8-6-7-9-16(15)21(5)17(22)14-11-19-20-12-14/h6-9,11-13H,10H2,1-5H3,(H,19,20). The van der Waals surface area contributed by atoms with Crippen LogP contribution in [0.1, 0.15) is 56.0 Å². The minimum absolute atomic E-state index is 0.0517. The third kappa shape index (κ3) is 3.75. The van der Waals surface area contributed by atoms with Crippen LogP contribution >= 0.6 is 0 Å². The Morgan fingerprint density at radius 1 is 1.32 bits per heavy atom. The van der Waals surface area contributed by atoms with Crippen LogP contribution in [0.4, 0.5) is 5.69 Å². The molecule has 1 amide bonds. The quantitative estimate of drug-likeness (QED) is 0.918. The van der Waals surface area contributed by atoms with Crippen LogP contribution < -0.4 is 4.90 Å². The highest BCUT2D eigenvalue weighted by Crippen LogP contribution is 2.35. The predicted octanol–water partition coefficient (Wildman–Crippen LogP) is 4.23. The molecule has 1 aromatic carbocycles. The van der Waals surface area contributed by atoms with E-state index in [9.17, 15) is 4.79 Å². The molecule has 1 heterocycles. The van der Waals surface area contributed by atoms with E-state index in [0.717, 1.165) is 12.1 Å². The van der Waals surface area contributed by atoms with Gasteiger partial charge in [0.15, 0.2) is 0 Å². The Morgan fingerprint density at radius 3 is 2.59 bits per heavy atom. The van der Waals surface area contributed by atoms with E-state index in [1.54, 1.807) is 17.3 Å². The zero-order chi connectivity index (χ0) is 16.3. The van der Waals surface area contributed by atoms with Crippen molar-refractivity contribution in [1.29, 1.82) is 0 Å². The molecule has 0 aliphatic rings. The number of aromatic nitrogens is 2. The first kappa shape index (κ1) is 16.3. The minimum atomic E-state index is -0.0517. The van der Waals surface area contributed by atoms with E-state index in [2.05, 4.69) is 44.0 Å². The van der Waals surface area contributed by atoms with Gasteiger partial charge in [-0.15, -0.1) is 0 Å². The smallest absolute Gasteiger partial charge is 0.261 e. The number of nitrogens with zero attached hydrogens (tertiary/aromatic N) is 2. The van der Waals surface area contributed by atoms with Crippen molar-refractivity contribution in [3.8, 4) is 0 Å². The Hall–Kier alpha value is -2.10. The van der Waals surface area contributed by atoms with E-state index < -0.39 is 0 Å². The van der Waals surface area contributed by atoms with Gasteiger partial charge in [0.1, 0.15) is 0 Å². The van der Waals surface area contributed by atoms with Gasteiger partial charge < -0.3 is 4.90 Å². The molecule has 0 radical (unpaired) electrons. The second-order valence-electron chi connectivity index (χ2n) is 7.08. The fraction of sp³-hybridized carbons (Fsp3) is 0.444. The molecule has 1 unspecified atom stereocenters. The highest BCUT2D eigenvalue weighted by molar-refractivity contribution is 6.05. The number of benzene rings is 1. The predicted molar refractivity (Wildman–Crippen MR) is 90.3 cm³/mol. The Bertz CT molecular complexity index is 626. The number of hydrogen-bond donors (Lipinski definition) is 1. The zero-order valence-electron chi connectivity index (χ0n) is 14.1. The molecule has 2 aromatic rings. The average Bonchev–Trinajstić information content (AvgIpc) is 2.98. The van der Waals surface area contributed by atoms with Gasteiger partial charge in [0.2, 0.25) is 0 Å². The van der Waals surface area contributed by atoms with Gasteiger partial charge in [0, 0.05) is 18.9 Å². The zero-order valence-corrected chi connectivity index (χ0v) is 14.1. The third-order valence-electron chi connectivity index (χ3n) is 3.80. The van der Waals surface area contributed by atoms with E-state index in [1.807, 2.05) is 25.2 Å².